The third kappa shape index (κ3) is 1.27. The van der Waals surface area contributed by atoms with Crippen molar-refractivity contribution in [2.75, 3.05) is 11.9 Å². The van der Waals surface area contributed by atoms with E-state index in [0.29, 0.717) is 12.0 Å². The van der Waals surface area contributed by atoms with E-state index in [0.717, 1.165) is 11.3 Å². The van der Waals surface area contributed by atoms with E-state index in [4.69, 9.17) is 5.73 Å². The van der Waals surface area contributed by atoms with Crippen LogP contribution in [0.15, 0.2) is 18.2 Å². The monoisotopic (exact) mass is 220 g/mol. The van der Waals surface area contributed by atoms with Gasteiger partial charge < -0.3 is 10.6 Å². The summed E-state index contributed by atoms with van der Waals surface area (Å²) in [7, 11) is 2.06. The topological polar surface area (TPSA) is 29.3 Å². The van der Waals surface area contributed by atoms with Crippen molar-refractivity contribution in [1.82, 2.24) is 0 Å². The van der Waals surface area contributed by atoms with Gasteiger partial charge in [-0.2, -0.15) is 0 Å². The number of hydrogen-bond acceptors (Lipinski definition) is 2. The molecule has 1 fully saturated rings. The number of nitrogens with zero attached hydrogens (tertiary/aromatic N) is 1. The summed E-state index contributed by atoms with van der Waals surface area (Å²) in [5.41, 5.74) is 8.38. The second-order valence-corrected chi connectivity index (χ2v) is 5.00. The van der Waals surface area contributed by atoms with Gasteiger partial charge in [-0.05, 0) is 36.5 Å². The molecule has 0 bridgehead atoms. The molecule has 1 aromatic rings. The van der Waals surface area contributed by atoms with Crippen molar-refractivity contribution < 1.29 is 4.39 Å². The molecule has 2 N–H and O–H groups in total. The molecule has 1 aromatic carbocycles. The highest BCUT2D eigenvalue weighted by Crippen LogP contribution is 2.45. The molecule has 0 saturated heterocycles. The number of rotatable bonds is 0. The van der Waals surface area contributed by atoms with Crippen molar-refractivity contribution in [2.24, 2.45) is 11.7 Å². The standard InChI is InChI=1S/C13H17FN2/c1-16-11-4-2-3-9(11)13(15)10-6-5-8(14)7-12(10)16/h5-7,9,11,13H,2-4,15H2,1H3. The van der Waals surface area contributed by atoms with Crippen LogP contribution in [0.4, 0.5) is 10.1 Å². The highest BCUT2D eigenvalue weighted by molar-refractivity contribution is 5.58. The van der Waals surface area contributed by atoms with Gasteiger partial charge in [-0.15, -0.1) is 0 Å². The lowest BCUT2D eigenvalue weighted by Crippen LogP contribution is -2.44. The molecule has 0 amide bonds. The summed E-state index contributed by atoms with van der Waals surface area (Å²) in [6, 6.07) is 5.56. The van der Waals surface area contributed by atoms with Gasteiger partial charge in [0.05, 0.1) is 0 Å². The molecule has 86 valence electrons. The Morgan fingerprint density at radius 2 is 2.19 bits per heavy atom. The lowest BCUT2D eigenvalue weighted by Gasteiger charge is -2.41. The summed E-state index contributed by atoms with van der Waals surface area (Å²) in [6.45, 7) is 0. The van der Waals surface area contributed by atoms with E-state index in [1.165, 1.54) is 25.3 Å². The molecule has 1 saturated carbocycles. The van der Waals surface area contributed by atoms with Gasteiger partial charge in [0.15, 0.2) is 0 Å². The van der Waals surface area contributed by atoms with Crippen LogP contribution in [0, 0.1) is 11.7 Å². The molecular formula is C13H17FN2. The van der Waals surface area contributed by atoms with Gasteiger partial charge >= 0.3 is 0 Å². The first-order chi connectivity index (χ1) is 7.68. The number of nitrogens with two attached hydrogens (primary N) is 1. The Morgan fingerprint density at radius 3 is 3.00 bits per heavy atom. The molecule has 3 heteroatoms. The minimum absolute atomic E-state index is 0.0827. The molecule has 3 unspecified atom stereocenters. The van der Waals surface area contributed by atoms with Crippen molar-refractivity contribution in [3.63, 3.8) is 0 Å². The Hall–Kier alpha value is -1.09. The van der Waals surface area contributed by atoms with Gasteiger partial charge in [0.25, 0.3) is 0 Å². The maximum atomic E-state index is 13.3. The summed E-state index contributed by atoms with van der Waals surface area (Å²) in [5, 5.41) is 0. The van der Waals surface area contributed by atoms with Gasteiger partial charge in [0.2, 0.25) is 0 Å². The van der Waals surface area contributed by atoms with Gasteiger partial charge in [0, 0.05) is 24.8 Å². The van der Waals surface area contributed by atoms with Gasteiger partial charge in [-0.1, -0.05) is 12.5 Å². The second kappa shape index (κ2) is 3.45. The van der Waals surface area contributed by atoms with Crippen LogP contribution in [0.25, 0.3) is 0 Å². The zero-order valence-electron chi connectivity index (χ0n) is 9.49. The Balaban J connectivity index is 2.11. The fraction of sp³-hybridized carbons (Fsp3) is 0.538. The smallest absolute Gasteiger partial charge is 0.125 e. The van der Waals surface area contributed by atoms with Crippen LogP contribution < -0.4 is 10.6 Å². The predicted molar refractivity (Wildman–Crippen MR) is 62.9 cm³/mol. The van der Waals surface area contributed by atoms with Gasteiger partial charge in [-0.3, -0.25) is 0 Å². The SMILES string of the molecule is CN1c2cc(F)ccc2C(N)C2CCCC21. The van der Waals surface area contributed by atoms with E-state index in [1.54, 1.807) is 6.07 Å². The van der Waals surface area contributed by atoms with E-state index in [1.807, 2.05) is 6.07 Å². The van der Waals surface area contributed by atoms with Crippen LogP contribution >= 0.6 is 0 Å². The highest BCUT2D eigenvalue weighted by Gasteiger charge is 2.40. The molecule has 0 spiro atoms. The molecule has 0 aromatic heterocycles. The zero-order valence-corrected chi connectivity index (χ0v) is 9.49. The maximum absolute atomic E-state index is 13.3. The second-order valence-electron chi connectivity index (χ2n) is 5.00. The van der Waals surface area contributed by atoms with Crippen LogP contribution in [-0.4, -0.2) is 13.1 Å². The van der Waals surface area contributed by atoms with Crippen LogP contribution in [-0.2, 0) is 0 Å². The Kier molecular flexibility index (Phi) is 2.18. The van der Waals surface area contributed by atoms with Crippen molar-refractivity contribution in [3.05, 3.63) is 29.6 Å². The molecule has 1 heterocycles. The van der Waals surface area contributed by atoms with Crippen molar-refractivity contribution >= 4 is 5.69 Å². The van der Waals surface area contributed by atoms with Gasteiger partial charge in [-0.25, -0.2) is 4.39 Å². The third-order valence-electron chi connectivity index (χ3n) is 4.22. The summed E-state index contributed by atoms with van der Waals surface area (Å²) in [6.07, 6.45) is 3.63. The summed E-state index contributed by atoms with van der Waals surface area (Å²) in [5.74, 6) is 0.372. The first-order valence-electron chi connectivity index (χ1n) is 5.96. The maximum Gasteiger partial charge on any atom is 0.125 e. The number of hydrogen-bond donors (Lipinski definition) is 1. The molecule has 3 rings (SSSR count). The molecule has 1 aliphatic heterocycles. The average molecular weight is 220 g/mol. The predicted octanol–water partition coefficient (Wildman–Crippen LogP) is 2.44. The first-order valence-corrected chi connectivity index (χ1v) is 5.96. The largest absolute Gasteiger partial charge is 0.371 e. The molecule has 16 heavy (non-hydrogen) atoms. The molecular weight excluding hydrogens is 203 g/mol. The van der Waals surface area contributed by atoms with Crippen LogP contribution in [0.5, 0.6) is 0 Å². The highest BCUT2D eigenvalue weighted by atomic mass is 19.1. The fourth-order valence-corrected chi connectivity index (χ4v) is 3.38. The van der Waals surface area contributed by atoms with E-state index >= 15 is 0 Å². The number of anilines is 1. The zero-order chi connectivity index (χ0) is 11.3. The summed E-state index contributed by atoms with van der Waals surface area (Å²) >= 11 is 0. The Morgan fingerprint density at radius 1 is 1.38 bits per heavy atom. The summed E-state index contributed by atoms with van der Waals surface area (Å²) < 4.78 is 13.3. The molecule has 3 atom stereocenters. The van der Waals surface area contributed by atoms with Gasteiger partial charge in [0.1, 0.15) is 5.82 Å². The van der Waals surface area contributed by atoms with Crippen molar-refractivity contribution in [3.8, 4) is 0 Å². The normalized spacial score (nSPS) is 32.4. The van der Waals surface area contributed by atoms with Crippen molar-refractivity contribution in [2.45, 2.75) is 31.3 Å². The van der Waals surface area contributed by atoms with E-state index in [-0.39, 0.29) is 11.9 Å². The molecule has 0 radical (unpaired) electrons. The first kappa shape index (κ1) is 10.1. The van der Waals surface area contributed by atoms with Crippen LogP contribution in [0.3, 0.4) is 0 Å². The molecule has 2 aliphatic rings. The van der Waals surface area contributed by atoms with Crippen molar-refractivity contribution in [1.29, 1.82) is 0 Å². The molecule has 2 nitrogen and oxygen atoms in total. The Bertz CT molecular complexity index is 418. The third-order valence-corrected chi connectivity index (χ3v) is 4.22. The number of halogens is 1. The van der Waals surface area contributed by atoms with E-state index in [2.05, 4.69) is 11.9 Å². The minimum Gasteiger partial charge on any atom is -0.371 e. The lowest BCUT2D eigenvalue weighted by atomic mass is 9.84. The average Bonchev–Trinajstić information content (AvgIpc) is 2.75. The number of benzene rings is 1. The fourth-order valence-electron chi connectivity index (χ4n) is 3.38. The van der Waals surface area contributed by atoms with E-state index < -0.39 is 0 Å². The molecule has 1 aliphatic carbocycles. The van der Waals surface area contributed by atoms with Crippen LogP contribution in [0.1, 0.15) is 30.9 Å². The quantitative estimate of drug-likeness (QED) is 0.727. The minimum atomic E-state index is -0.172. The van der Waals surface area contributed by atoms with Crippen LogP contribution in [0.2, 0.25) is 0 Å². The van der Waals surface area contributed by atoms with E-state index in [9.17, 15) is 4.39 Å². The number of fused-ring (bicyclic) bond motifs is 2. The summed E-state index contributed by atoms with van der Waals surface area (Å²) in [4.78, 5) is 2.22. The Labute approximate surface area is 95.2 Å². The lowest BCUT2D eigenvalue weighted by molar-refractivity contribution is 0.369.